The summed E-state index contributed by atoms with van der Waals surface area (Å²) in [5.74, 6) is -18.6. The summed E-state index contributed by atoms with van der Waals surface area (Å²) in [5, 5.41) is -1.77. The van der Waals surface area contributed by atoms with Crippen LogP contribution in [0, 0.1) is 0 Å². The van der Waals surface area contributed by atoms with E-state index in [1.165, 1.54) is 10.7 Å². The number of hydrogen-bond acceptors (Lipinski definition) is 3. The van der Waals surface area contributed by atoms with Crippen molar-refractivity contribution in [1.82, 2.24) is 9.78 Å². The number of aromatic nitrogens is 2. The summed E-state index contributed by atoms with van der Waals surface area (Å²) in [5.41, 5.74) is 1.83. The first-order valence-corrected chi connectivity index (χ1v) is 9.24. The van der Waals surface area contributed by atoms with E-state index in [-0.39, 0.29) is 0 Å². The highest BCUT2D eigenvalue weighted by Crippen LogP contribution is 2.56. The lowest BCUT2D eigenvalue weighted by Crippen LogP contribution is -2.60. The number of alkyl halides is 8. The van der Waals surface area contributed by atoms with Gasteiger partial charge in [0.15, 0.2) is 0 Å². The second-order valence-corrected chi connectivity index (χ2v) is 7.45. The number of halogens is 8. The predicted octanol–water partition coefficient (Wildman–Crippen LogP) is 6.26. The fourth-order valence-corrected chi connectivity index (χ4v) is 3.23. The van der Waals surface area contributed by atoms with Crippen LogP contribution in [0.5, 0.6) is 5.88 Å². The van der Waals surface area contributed by atoms with Crippen LogP contribution in [0.3, 0.4) is 0 Å². The number of nitrogens with zero attached hydrogens (tertiary/aromatic N) is 2. The minimum Gasteiger partial charge on any atom is -0.398 e. The Morgan fingerprint density at radius 2 is 1.60 bits per heavy atom. The summed E-state index contributed by atoms with van der Waals surface area (Å²) < 4.78 is 113. The number of fused-ring (bicyclic) bond motifs is 1. The van der Waals surface area contributed by atoms with Gasteiger partial charge in [0, 0.05) is 18.7 Å². The Balaban J connectivity index is 1.81. The van der Waals surface area contributed by atoms with E-state index in [2.05, 4.69) is 9.28 Å². The summed E-state index contributed by atoms with van der Waals surface area (Å²) >= 11 is -1.35. The van der Waals surface area contributed by atoms with Crippen molar-refractivity contribution in [3.63, 3.8) is 0 Å². The number of aryl methyl sites for hydroxylation is 1. The van der Waals surface area contributed by atoms with E-state index in [1.54, 1.807) is 30.3 Å². The van der Waals surface area contributed by atoms with Gasteiger partial charge in [0.05, 0.1) is 5.70 Å². The molecule has 12 heteroatoms. The number of benzene rings is 1. The lowest BCUT2D eigenvalue weighted by molar-refractivity contribution is -0.341. The highest BCUT2D eigenvalue weighted by molar-refractivity contribution is 7.96. The standard InChI is InChI=1S/C18H14F8N2OS/c1-15(19,20)16(21,22)17(23,24)18(25,26)30-29-14-10-12-8-5-9-13(28(12)27-14)11-6-3-2-4-7-11/h2-4,6-7,9-10H,5,8H2,1H3. The van der Waals surface area contributed by atoms with Gasteiger partial charge in [-0.3, -0.25) is 0 Å². The maximum atomic E-state index is 13.8. The molecular weight excluding hydrogens is 444 g/mol. The predicted molar refractivity (Wildman–Crippen MR) is 94.0 cm³/mol. The monoisotopic (exact) mass is 458 g/mol. The number of hydrogen-bond donors (Lipinski definition) is 0. The smallest absolute Gasteiger partial charge is 0.397 e. The van der Waals surface area contributed by atoms with Crippen LogP contribution in [0.1, 0.15) is 24.6 Å². The van der Waals surface area contributed by atoms with Crippen molar-refractivity contribution >= 4 is 17.7 Å². The fraction of sp³-hybridized carbons (Fsp3) is 0.389. The van der Waals surface area contributed by atoms with Crippen LogP contribution in [-0.4, -0.2) is 32.8 Å². The Morgan fingerprint density at radius 3 is 2.20 bits per heavy atom. The zero-order valence-corrected chi connectivity index (χ0v) is 16.0. The highest BCUT2D eigenvalue weighted by Gasteiger charge is 2.80. The summed E-state index contributed by atoms with van der Waals surface area (Å²) in [6.07, 6.45) is 2.83. The molecule has 0 spiro atoms. The molecule has 3 nitrogen and oxygen atoms in total. The van der Waals surface area contributed by atoms with E-state index in [9.17, 15) is 35.1 Å². The average molecular weight is 458 g/mol. The van der Waals surface area contributed by atoms with Gasteiger partial charge in [-0.15, -0.1) is 5.10 Å². The molecule has 0 amide bonds. The van der Waals surface area contributed by atoms with Gasteiger partial charge in [0.2, 0.25) is 5.88 Å². The summed E-state index contributed by atoms with van der Waals surface area (Å²) in [7, 11) is 0. The van der Waals surface area contributed by atoms with Crippen molar-refractivity contribution in [2.45, 2.75) is 42.8 Å². The van der Waals surface area contributed by atoms with Gasteiger partial charge in [-0.2, -0.15) is 35.1 Å². The minimum atomic E-state index is -6.39. The zero-order chi connectivity index (χ0) is 22.4. The van der Waals surface area contributed by atoms with Gasteiger partial charge in [-0.1, -0.05) is 36.4 Å². The Bertz CT molecular complexity index is 937. The molecule has 1 aromatic carbocycles. The van der Waals surface area contributed by atoms with Crippen molar-refractivity contribution in [2.75, 3.05) is 0 Å². The first-order chi connectivity index (χ1) is 13.8. The second-order valence-electron chi connectivity index (χ2n) is 6.60. The third-order valence-corrected chi connectivity index (χ3v) is 5.06. The largest absolute Gasteiger partial charge is 0.398 e. The van der Waals surface area contributed by atoms with Gasteiger partial charge in [0.25, 0.3) is 0 Å². The van der Waals surface area contributed by atoms with Crippen LogP contribution in [0.15, 0.2) is 42.5 Å². The second kappa shape index (κ2) is 7.47. The molecule has 0 saturated heterocycles. The molecule has 30 heavy (non-hydrogen) atoms. The van der Waals surface area contributed by atoms with E-state index < -0.39 is 47.9 Å². The molecule has 1 aromatic heterocycles. The topological polar surface area (TPSA) is 27.1 Å². The van der Waals surface area contributed by atoms with E-state index >= 15 is 0 Å². The average Bonchev–Trinajstić information content (AvgIpc) is 3.09. The molecule has 0 aliphatic carbocycles. The Kier molecular flexibility index (Phi) is 5.59. The lowest BCUT2D eigenvalue weighted by Gasteiger charge is -2.34. The molecule has 164 valence electrons. The lowest BCUT2D eigenvalue weighted by atomic mass is 10.1. The van der Waals surface area contributed by atoms with Crippen molar-refractivity contribution in [3.8, 4) is 5.88 Å². The highest BCUT2D eigenvalue weighted by atomic mass is 32.2. The first kappa shape index (κ1) is 22.4. The molecule has 1 aliphatic rings. The van der Waals surface area contributed by atoms with Crippen LogP contribution in [-0.2, 0) is 6.42 Å². The molecule has 3 rings (SSSR count). The quantitative estimate of drug-likeness (QED) is 0.362. The molecule has 2 heterocycles. The van der Waals surface area contributed by atoms with Gasteiger partial charge in [-0.05, 0) is 18.4 Å². The third-order valence-electron chi connectivity index (χ3n) is 4.34. The maximum Gasteiger partial charge on any atom is 0.397 e. The molecule has 0 bridgehead atoms. The van der Waals surface area contributed by atoms with Crippen LogP contribution in [0.25, 0.3) is 5.70 Å². The SMILES string of the molecule is CC(F)(F)C(F)(F)C(F)(F)C(F)(F)SOc1cc2n(n1)C(c1ccccc1)=CCC2. The van der Waals surface area contributed by atoms with Gasteiger partial charge >= 0.3 is 23.0 Å². The van der Waals surface area contributed by atoms with E-state index in [4.69, 9.17) is 0 Å². The molecular formula is C18H14F8N2OS. The molecule has 0 unspecified atom stereocenters. The summed E-state index contributed by atoms with van der Waals surface area (Å²) in [6.45, 7) is -0.566. The fourth-order valence-electron chi connectivity index (χ4n) is 2.72. The third kappa shape index (κ3) is 3.77. The van der Waals surface area contributed by atoms with Crippen molar-refractivity contribution in [1.29, 1.82) is 0 Å². The van der Waals surface area contributed by atoms with Crippen molar-refractivity contribution < 1.29 is 39.3 Å². The molecule has 0 radical (unpaired) electrons. The number of allylic oxidation sites excluding steroid dienone is 1. The summed E-state index contributed by atoms with van der Waals surface area (Å²) in [6, 6.07) is 10.0. The van der Waals surface area contributed by atoms with Crippen LogP contribution < -0.4 is 4.18 Å². The Labute approximate surface area is 169 Å². The van der Waals surface area contributed by atoms with Gasteiger partial charge in [0.1, 0.15) is 12.0 Å². The minimum absolute atomic E-state index is 0.435. The first-order valence-electron chi connectivity index (χ1n) is 8.50. The maximum absolute atomic E-state index is 13.8. The molecule has 0 fully saturated rings. The molecule has 0 saturated carbocycles. The van der Waals surface area contributed by atoms with Gasteiger partial charge < -0.3 is 4.18 Å². The van der Waals surface area contributed by atoms with E-state index in [1.807, 2.05) is 6.08 Å². The Hall–Kier alpha value is -2.24. The molecule has 0 N–H and O–H groups in total. The van der Waals surface area contributed by atoms with Crippen LogP contribution in [0.2, 0.25) is 0 Å². The van der Waals surface area contributed by atoms with Crippen molar-refractivity contribution in [2.24, 2.45) is 0 Å². The number of rotatable bonds is 7. The van der Waals surface area contributed by atoms with Gasteiger partial charge in [-0.25, -0.2) is 4.68 Å². The normalized spacial score (nSPS) is 15.6. The molecule has 0 atom stereocenters. The van der Waals surface area contributed by atoms with E-state index in [0.29, 0.717) is 24.2 Å². The molecule has 1 aliphatic heterocycles. The van der Waals surface area contributed by atoms with Crippen LogP contribution in [0.4, 0.5) is 35.1 Å². The van der Waals surface area contributed by atoms with Crippen LogP contribution >= 0.6 is 12.0 Å². The summed E-state index contributed by atoms with van der Waals surface area (Å²) in [4.78, 5) is 0. The zero-order valence-electron chi connectivity index (χ0n) is 15.2. The van der Waals surface area contributed by atoms with Crippen molar-refractivity contribution in [3.05, 3.63) is 53.7 Å². The molecule has 2 aromatic rings. The van der Waals surface area contributed by atoms with E-state index in [0.717, 1.165) is 5.56 Å². The Morgan fingerprint density at radius 1 is 0.967 bits per heavy atom.